The van der Waals surface area contributed by atoms with Crippen LogP contribution in [0, 0.1) is 0 Å². The molecule has 0 spiro atoms. The first-order valence-corrected chi connectivity index (χ1v) is 8.11. The lowest BCUT2D eigenvalue weighted by Gasteiger charge is -2.33. The third kappa shape index (κ3) is 3.44. The monoisotopic (exact) mass is 316 g/mol. The van der Waals surface area contributed by atoms with Crippen molar-refractivity contribution in [3.63, 3.8) is 0 Å². The summed E-state index contributed by atoms with van der Waals surface area (Å²) in [6.45, 7) is 7.05. The number of phenolic OH excluding ortho intramolecular Hbond substituents is 1. The van der Waals surface area contributed by atoms with Gasteiger partial charge in [0.2, 0.25) is 0 Å². The Morgan fingerprint density at radius 1 is 1.30 bits per heavy atom. The maximum atomic E-state index is 12.1. The second-order valence-electron chi connectivity index (χ2n) is 7.22. The molecule has 2 N–H and O–H groups in total. The average molecular weight is 316 g/mol. The average Bonchev–Trinajstić information content (AvgIpc) is 2.88. The fourth-order valence-corrected chi connectivity index (χ4v) is 3.17. The van der Waals surface area contributed by atoms with Crippen molar-refractivity contribution in [3.05, 3.63) is 30.0 Å². The van der Waals surface area contributed by atoms with Crippen molar-refractivity contribution in [2.75, 3.05) is 13.1 Å². The SMILES string of the molecule is CC(C)(C)OC(=O)N1CCC(c2c[nH]c3ccc(O)cc23)CC1. The van der Waals surface area contributed by atoms with E-state index in [0.717, 1.165) is 23.7 Å². The lowest BCUT2D eigenvalue weighted by atomic mass is 9.89. The number of hydrogen-bond donors (Lipinski definition) is 2. The number of piperidine rings is 1. The van der Waals surface area contributed by atoms with Crippen molar-refractivity contribution in [1.82, 2.24) is 9.88 Å². The number of likely N-dealkylation sites (tertiary alicyclic amines) is 1. The van der Waals surface area contributed by atoms with Crippen LogP contribution in [0.25, 0.3) is 10.9 Å². The van der Waals surface area contributed by atoms with Crippen molar-refractivity contribution in [2.45, 2.75) is 45.1 Å². The summed E-state index contributed by atoms with van der Waals surface area (Å²) >= 11 is 0. The summed E-state index contributed by atoms with van der Waals surface area (Å²) in [5.74, 6) is 0.675. The number of H-pyrrole nitrogens is 1. The molecule has 23 heavy (non-hydrogen) atoms. The number of ether oxygens (including phenoxy) is 1. The summed E-state index contributed by atoms with van der Waals surface area (Å²) in [4.78, 5) is 17.2. The standard InChI is InChI=1S/C18H24N2O3/c1-18(2,3)23-17(22)20-8-6-12(7-9-20)15-11-19-16-5-4-13(21)10-14(15)16/h4-5,10-12,19,21H,6-9H2,1-3H3. The van der Waals surface area contributed by atoms with Crippen LogP contribution in [0.2, 0.25) is 0 Å². The van der Waals surface area contributed by atoms with Crippen molar-refractivity contribution < 1.29 is 14.6 Å². The summed E-state index contributed by atoms with van der Waals surface area (Å²) in [6.07, 6.45) is 3.61. The smallest absolute Gasteiger partial charge is 0.410 e. The van der Waals surface area contributed by atoms with Crippen molar-refractivity contribution >= 4 is 17.0 Å². The van der Waals surface area contributed by atoms with Crippen LogP contribution in [0.5, 0.6) is 5.75 Å². The van der Waals surface area contributed by atoms with E-state index in [1.807, 2.05) is 33.0 Å². The van der Waals surface area contributed by atoms with E-state index in [-0.39, 0.29) is 11.8 Å². The first kappa shape index (κ1) is 15.7. The van der Waals surface area contributed by atoms with Crippen LogP contribution in [-0.2, 0) is 4.74 Å². The second kappa shape index (κ2) is 5.80. The van der Waals surface area contributed by atoms with Crippen LogP contribution >= 0.6 is 0 Å². The zero-order valence-electron chi connectivity index (χ0n) is 13.9. The van der Waals surface area contributed by atoms with Gasteiger partial charge in [0.15, 0.2) is 0 Å². The van der Waals surface area contributed by atoms with E-state index < -0.39 is 5.60 Å². The lowest BCUT2D eigenvalue weighted by Crippen LogP contribution is -2.41. The molecule has 1 fully saturated rings. The van der Waals surface area contributed by atoms with Crippen LogP contribution in [0.4, 0.5) is 4.79 Å². The van der Waals surface area contributed by atoms with Crippen LogP contribution in [0.3, 0.4) is 0 Å². The molecule has 0 unspecified atom stereocenters. The van der Waals surface area contributed by atoms with E-state index in [4.69, 9.17) is 4.74 Å². The highest BCUT2D eigenvalue weighted by molar-refractivity contribution is 5.85. The highest BCUT2D eigenvalue weighted by Crippen LogP contribution is 2.34. The Kier molecular flexibility index (Phi) is 3.96. The molecule has 3 rings (SSSR count). The molecule has 2 heterocycles. The van der Waals surface area contributed by atoms with Gasteiger partial charge in [-0.15, -0.1) is 0 Å². The second-order valence-corrected chi connectivity index (χ2v) is 7.22. The fourth-order valence-electron chi connectivity index (χ4n) is 3.17. The van der Waals surface area contributed by atoms with Crippen LogP contribution in [0.1, 0.15) is 45.1 Å². The molecule has 1 aromatic carbocycles. The van der Waals surface area contributed by atoms with E-state index in [0.29, 0.717) is 19.0 Å². The highest BCUT2D eigenvalue weighted by atomic mass is 16.6. The van der Waals surface area contributed by atoms with E-state index >= 15 is 0 Å². The number of benzene rings is 1. The number of hydrogen-bond acceptors (Lipinski definition) is 3. The van der Waals surface area contributed by atoms with Crippen molar-refractivity contribution in [1.29, 1.82) is 0 Å². The normalized spacial score (nSPS) is 16.7. The van der Waals surface area contributed by atoms with Gasteiger partial charge in [0.25, 0.3) is 0 Å². The highest BCUT2D eigenvalue weighted by Gasteiger charge is 2.28. The minimum absolute atomic E-state index is 0.229. The van der Waals surface area contributed by atoms with E-state index in [9.17, 15) is 9.90 Å². The number of nitrogens with one attached hydrogen (secondary N) is 1. The molecule has 1 saturated heterocycles. The summed E-state index contributed by atoms with van der Waals surface area (Å²) in [5.41, 5.74) is 1.80. The third-order valence-corrected chi connectivity index (χ3v) is 4.28. The number of aromatic nitrogens is 1. The van der Waals surface area contributed by atoms with E-state index in [1.54, 1.807) is 17.0 Å². The molecule has 0 bridgehead atoms. The zero-order valence-corrected chi connectivity index (χ0v) is 13.9. The quantitative estimate of drug-likeness (QED) is 0.836. The third-order valence-electron chi connectivity index (χ3n) is 4.28. The Labute approximate surface area is 136 Å². The number of aromatic hydroxyl groups is 1. The fraction of sp³-hybridized carbons (Fsp3) is 0.500. The number of aromatic amines is 1. The predicted octanol–water partition coefficient (Wildman–Crippen LogP) is 3.99. The van der Waals surface area contributed by atoms with Gasteiger partial charge in [0.05, 0.1) is 0 Å². The topological polar surface area (TPSA) is 65.6 Å². The number of fused-ring (bicyclic) bond motifs is 1. The summed E-state index contributed by atoms with van der Waals surface area (Å²) in [7, 11) is 0. The number of phenols is 1. The molecule has 0 saturated carbocycles. The Hall–Kier alpha value is -2.17. The molecular weight excluding hydrogens is 292 g/mol. The van der Waals surface area contributed by atoms with Gasteiger partial charge in [0.1, 0.15) is 11.4 Å². The van der Waals surface area contributed by atoms with Gasteiger partial charge in [0, 0.05) is 30.2 Å². The largest absolute Gasteiger partial charge is 0.508 e. The number of carbonyl (C=O) groups excluding carboxylic acids is 1. The Balaban J connectivity index is 1.69. The Bertz CT molecular complexity index is 707. The Morgan fingerprint density at radius 2 is 2.00 bits per heavy atom. The maximum Gasteiger partial charge on any atom is 0.410 e. The first-order chi connectivity index (χ1) is 10.8. The van der Waals surface area contributed by atoms with Gasteiger partial charge in [-0.3, -0.25) is 0 Å². The Morgan fingerprint density at radius 3 is 2.65 bits per heavy atom. The lowest BCUT2D eigenvalue weighted by molar-refractivity contribution is 0.0205. The summed E-state index contributed by atoms with van der Waals surface area (Å²) < 4.78 is 5.44. The molecule has 5 nitrogen and oxygen atoms in total. The molecule has 1 aromatic heterocycles. The summed E-state index contributed by atoms with van der Waals surface area (Å²) in [6, 6.07) is 5.39. The molecule has 0 aliphatic carbocycles. The minimum Gasteiger partial charge on any atom is -0.508 e. The number of rotatable bonds is 1. The van der Waals surface area contributed by atoms with Crippen LogP contribution in [-0.4, -0.2) is 39.8 Å². The number of nitrogens with zero attached hydrogens (tertiary/aromatic N) is 1. The molecule has 0 atom stereocenters. The van der Waals surface area contributed by atoms with Gasteiger partial charge in [-0.1, -0.05) is 0 Å². The van der Waals surface area contributed by atoms with Gasteiger partial charge < -0.3 is 19.7 Å². The van der Waals surface area contributed by atoms with E-state index in [2.05, 4.69) is 4.98 Å². The molecule has 0 radical (unpaired) electrons. The van der Waals surface area contributed by atoms with E-state index in [1.165, 1.54) is 5.56 Å². The minimum atomic E-state index is -0.456. The van der Waals surface area contributed by atoms with Gasteiger partial charge in [-0.05, 0) is 63.3 Å². The van der Waals surface area contributed by atoms with Gasteiger partial charge in [-0.25, -0.2) is 4.79 Å². The van der Waals surface area contributed by atoms with Crippen molar-refractivity contribution in [2.24, 2.45) is 0 Å². The molecular formula is C18H24N2O3. The van der Waals surface area contributed by atoms with Crippen LogP contribution in [0.15, 0.2) is 24.4 Å². The van der Waals surface area contributed by atoms with Crippen LogP contribution < -0.4 is 0 Å². The molecule has 1 aliphatic rings. The molecule has 5 heteroatoms. The van der Waals surface area contributed by atoms with Gasteiger partial charge >= 0.3 is 6.09 Å². The zero-order chi connectivity index (χ0) is 16.6. The molecule has 2 aromatic rings. The molecule has 1 amide bonds. The number of carbonyl (C=O) groups is 1. The predicted molar refractivity (Wildman–Crippen MR) is 89.7 cm³/mol. The first-order valence-electron chi connectivity index (χ1n) is 8.11. The maximum absolute atomic E-state index is 12.1. The number of amides is 1. The van der Waals surface area contributed by atoms with Gasteiger partial charge in [-0.2, -0.15) is 0 Å². The summed E-state index contributed by atoms with van der Waals surface area (Å²) in [5, 5.41) is 10.8. The van der Waals surface area contributed by atoms with Crippen molar-refractivity contribution in [3.8, 4) is 5.75 Å². The molecule has 1 aliphatic heterocycles. The molecule has 124 valence electrons.